The number of ketones is 1. The lowest BCUT2D eigenvalue weighted by molar-refractivity contribution is -0.116. The predicted octanol–water partition coefficient (Wildman–Crippen LogP) is 5.08. The van der Waals surface area contributed by atoms with Crippen molar-refractivity contribution >= 4 is 33.3 Å². The number of phenols is 1. The molecule has 0 fully saturated rings. The van der Waals surface area contributed by atoms with Gasteiger partial charge >= 0.3 is 0 Å². The van der Waals surface area contributed by atoms with Crippen LogP contribution in [0.3, 0.4) is 0 Å². The molecule has 166 valence electrons. The Balaban J connectivity index is 1.86. The van der Waals surface area contributed by atoms with E-state index in [1.54, 1.807) is 12.1 Å². The first-order valence-corrected chi connectivity index (χ1v) is 11.3. The van der Waals surface area contributed by atoms with Crippen molar-refractivity contribution in [1.82, 2.24) is 5.32 Å². The largest absolute Gasteiger partial charge is 0.503 e. The molecule has 0 spiro atoms. The summed E-state index contributed by atoms with van der Waals surface area (Å²) >= 11 is 3.38. The van der Waals surface area contributed by atoms with Gasteiger partial charge in [0.25, 0.3) is 5.91 Å². The first-order chi connectivity index (χ1) is 15.3. The molecule has 32 heavy (non-hydrogen) atoms. The monoisotopic (exact) mass is 496 g/mol. The summed E-state index contributed by atoms with van der Waals surface area (Å²) in [5, 5.41) is 16.6. The maximum absolute atomic E-state index is 13.6. The minimum atomic E-state index is -0.575. The Kier molecular flexibility index (Phi) is 6.11. The number of allylic oxidation sites excluding steroid dienone is 3. The van der Waals surface area contributed by atoms with E-state index in [-0.39, 0.29) is 23.2 Å². The zero-order chi connectivity index (χ0) is 23.0. The van der Waals surface area contributed by atoms with E-state index in [1.165, 1.54) is 7.11 Å². The summed E-state index contributed by atoms with van der Waals surface area (Å²) < 4.78 is 5.78. The number of nitrogens with one attached hydrogen (secondary N) is 2. The zero-order valence-electron chi connectivity index (χ0n) is 18.2. The highest BCUT2D eigenvalue weighted by Crippen LogP contribution is 2.46. The van der Waals surface area contributed by atoms with Crippen molar-refractivity contribution in [3.8, 4) is 11.5 Å². The number of amides is 1. The van der Waals surface area contributed by atoms with Crippen LogP contribution >= 0.6 is 15.9 Å². The Bertz CT molecular complexity index is 1180. The number of hydrogen-bond acceptors (Lipinski definition) is 5. The molecule has 1 aliphatic heterocycles. The van der Waals surface area contributed by atoms with Crippen molar-refractivity contribution in [2.45, 2.75) is 39.0 Å². The second kappa shape index (κ2) is 8.82. The van der Waals surface area contributed by atoms with Crippen LogP contribution in [-0.4, -0.2) is 23.9 Å². The number of Topliss-reactive ketones (excluding diaryl/α,β-unsaturated/α-hetero) is 1. The highest BCUT2D eigenvalue weighted by Gasteiger charge is 2.39. The fourth-order valence-corrected chi connectivity index (χ4v) is 4.90. The van der Waals surface area contributed by atoms with Crippen LogP contribution in [0, 0.1) is 6.92 Å². The molecule has 0 saturated carbocycles. The van der Waals surface area contributed by atoms with Gasteiger partial charge in [0.2, 0.25) is 0 Å². The number of hydrogen-bond donors (Lipinski definition) is 3. The van der Waals surface area contributed by atoms with Crippen LogP contribution in [0.1, 0.15) is 43.2 Å². The first-order valence-electron chi connectivity index (χ1n) is 10.5. The van der Waals surface area contributed by atoms with Gasteiger partial charge in [-0.3, -0.25) is 9.59 Å². The molecule has 2 aromatic carbocycles. The molecule has 6 nitrogen and oxygen atoms in total. The van der Waals surface area contributed by atoms with Crippen LogP contribution in [0.4, 0.5) is 5.69 Å². The van der Waals surface area contributed by atoms with E-state index in [9.17, 15) is 14.7 Å². The SMILES string of the molecule is COc1cc([C@@H]2C(C(=O)Nc3ccccc3C)=C(C)NC3=C2C(=O)CCC3)cc(Br)c1O. The molecule has 1 heterocycles. The van der Waals surface area contributed by atoms with E-state index in [2.05, 4.69) is 26.6 Å². The minimum Gasteiger partial charge on any atom is -0.503 e. The smallest absolute Gasteiger partial charge is 0.254 e. The van der Waals surface area contributed by atoms with Crippen molar-refractivity contribution in [2.24, 2.45) is 0 Å². The van der Waals surface area contributed by atoms with E-state index in [0.29, 0.717) is 33.3 Å². The zero-order valence-corrected chi connectivity index (χ0v) is 19.8. The number of ether oxygens (including phenoxy) is 1. The van der Waals surface area contributed by atoms with Gasteiger partial charge in [-0.15, -0.1) is 0 Å². The average molecular weight is 497 g/mol. The molecule has 4 rings (SSSR count). The van der Waals surface area contributed by atoms with E-state index in [1.807, 2.05) is 38.1 Å². The summed E-state index contributed by atoms with van der Waals surface area (Å²) in [4.78, 5) is 26.6. The van der Waals surface area contributed by atoms with Crippen LogP contribution in [0.2, 0.25) is 0 Å². The topological polar surface area (TPSA) is 87.7 Å². The number of para-hydroxylation sites is 1. The lowest BCUT2D eigenvalue weighted by Gasteiger charge is -2.34. The maximum Gasteiger partial charge on any atom is 0.254 e. The fraction of sp³-hybridized carbons (Fsp3) is 0.280. The molecule has 1 aliphatic carbocycles. The van der Waals surface area contributed by atoms with Gasteiger partial charge in [0.15, 0.2) is 17.3 Å². The van der Waals surface area contributed by atoms with Gasteiger partial charge in [0, 0.05) is 40.6 Å². The number of rotatable bonds is 4. The lowest BCUT2D eigenvalue weighted by Crippen LogP contribution is -2.35. The number of methoxy groups -OCH3 is 1. The van der Waals surface area contributed by atoms with Gasteiger partial charge in [0.1, 0.15) is 0 Å². The van der Waals surface area contributed by atoms with E-state index >= 15 is 0 Å². The van der Waals surface area contributed by atoms with Crippen LogP contribution in [0.25, 0.3) is 0 Å². The molecule has 3 N–H and O–H groups in total. The molecule has 7 heteroatoms. The third-order valence-electron chi connectivity index (χ3n) is 6.02. The average Bonchev–Trinajstić information content (AvgIpc) is 2.76. The Morgan fingerprint density at radius 1 is 1.22 bits per heavy atom. The van der Waals surface area contributed by atoms with Crippen LogP contribution in [-0.2, 0) is 9.59 Å². The highest BCUT2D eigenvalue weighted by molar-refractivity contribution is 9.10. The molecule has 1 amide bonds. The molecule has 0 unspecified atom stereocenters. The highest BCUT2D eigenvalue weighted by atomic mass is 79.9. The standard InChI is InChI=1S/C25H25BrN2O4/c1-13-7-4-5-8-17(13)28-25(31)21-14(2)27-18-9-6-10-19(29)23(18)22(21)15-11-16(26)24(30)20(12-15)32-3/h4-5,7-8,11-12,22,27,30H,6,9-10H2,1-3H3,(H,28,31)/t22-/m1/s1. The van der Waals surface area contributed by atoms with E-state index < -0.39 is 5.92 Å². The molecule has 2 aliphatic rings. The number of phenolic OH excluding ortho intramolecular Hbond substituents is 1. The molecular weight excluding hydrogens is 472 g/mol. The van der Waals surface area contributed by atoms with Gasteiger partial charge in [-0.2, -0.15) is 0 Å². The number of carbonyl (C=O) groups excluding carboxylic acids is 2. The van der Waals surface area contributed by atoms with Crippen LogP contribution in [0.15, 0.2) is 63.4 Å². The Labute approximate surface area is 195 Å². The lowest BCUT2D eigenvalue weighted by atomic mass is 9.75. The second-order valence-corrected chi connectivity index (χ2v) is 8.94. The molecule has 2 aromatic rings. The number of aryl methyl sites for hydroxylation is 1. The summed E-state index contributed by atoms with van der Waals surface area (Å²) in [5.74, 6) is -0.576. The number of halogens is 1. The predicted molar refractivity (Wildman–Crippen MR) is 127 cm³/mol. The molecule has 0 saturated heterocycles. The van der Waals surface area contributed by atoms with Gasteiger partial charge in [-0.1, -0.05) is 18.2 Å². The number of aromatic hydroxyl groups is 1. The van der Waals surface area contributed by atoms with Gasteiger partial charge in [0.05, 0.1) is 11.6 Å². The van der Waals surface area contributed by atoms with Crippen LogP contribution in [0.5, 0.6) is 11.5 Å². The molecule has 0 radical (unpaired) electrons. The van der Waals surface area contributed by atoms with Crippen LogP contribution < -0.4 is 15.4 Å². The third-order valence-corrected chi connectivity index (χ3v) is 6.62. The van der Waals surface area contributed by atoms with E-state index in [4.69, 9.17) is 4.74 Å². The summed E-state index contributed by atoms with van der Waals surface area (Å²) in [6.07, 6.45) is 1.97. The molecule has 1 atom stereocenters. The second-order valence-electron chi connectivity index (χ2n) is 8.09. The van der Waals surface area contributed by atoms with Crippen molar-refractivity contribution in [3.63, 3.8) is 0 Å². The van der Waals surface area contributed by atoms with Gasteiger partial charge < -0.3 is 20.5 Å². The van der Waals surface area contributed by atoms with E-state index in [0.717, 1.165) is 29.8 Å². The Morgan fingerprint density at radius 3 is 2.69 bits per heavy atom. The maximum atomic E-state index is 13.6. The third kappa shape index (κ3) is 3.93. The number of dihydropyridines is 1. The van der Waals surface area contributed by atoms with Crippen molar-refractivity contribution in [3.05, 3.63) is 74.5 Å². The fourth-order valence-electron chi connectivity index (χ4n) is 4.44. The summed E-state index contributed by atoms with van der Waals surface area (Å²) in [6, 6.07) is 11.0. The quantitative estimate of drug-likeness (QED) is 0.549. The number of benzene rings is 2. The van der Waals surface area contributed by atoms with Gasteiger partial charge in [-0.05, 0) is 71.9 Å². The van der Waals surface area contributed by atoms with Gasteiger partial charge in [-0.25, -0.2) is 0 Å². The minimum absolute atomic E-state index is 0.0269. The summed E-state index contributed by atoms with van der Waals surface area (Å²) in [7, 11) is 1.47. The molecule has 0 aromatic heterocycles. The summed E-state index contributed by atoms with van der Waals surface area (Å²) in [6.45, 7) is 3.79. The normalized spacial score (nSPS) is 18.2. The summed E-state index contributed by atoms with van der Waals surface area (Å²) in [5.41, 5.74) is 5.01. The number of carbonyl (C=O) groups is 2. The van der Waals surface area contributed by atoms with Crippen molar-refractivity contribution in [2.75, 3.05) is 12.4 Å². The first kappa shape index (κ1) is 22.1. The number of anilines is 1. The van der Waals surface area contributed by atoms with Crippen molar-refractivity contribution in [1.29, 1.82) is 0 Å². The van der Waals surface area contributed by atoms with Crippen molar-refractivity contribution < 1.29 is 19.4 Å². The molecular formula is C25H25BrN2O4. The Morgan fingerprint density at radius 2 is 1.97 bits per heavy atom. The molecule has 0 bridgehead atoms. The Hall–Kier alpha value is -3.06.